The Balaban J connectivity index is 2.08. The Labute approximate surface area is 112 Å². The second-order valence-electron chi connectivity index (χ2n) is 4.67. The third kappa shape index (κ3) is 2.07. The van der Waals surface area contributed by atoms with Gasteiger partial charge in [0.25, 0.3) is 0 Å². The lowest BCUT2D eigenvalue weighted by molar-refractivity contribution is 0.242. The summed E-state index contributed by atoms with van der Waals surface area (Å²) in [6.45, 7) is 0.520. The standard InChI is InChI=1S/C16H14N2O/c17-9-11-3-1-4-12(7-11)15-6-2-5-13-8-14(10-18)19-16(13)15/h1-7,14H,8,10,18H2. The lowest BCUT2D eigenvalue weighted by atomic mass is 9.99. The van der Waals surface area contributed by atoms with E-state index >= 15 is 0 Å². The Kier molecular flexibility index (Phi) is 2.94. The topological polar surface area (TPSA) is 59.0 Å². The third-order valence-corrected chi connectivity index (χ3v) is 3.39. The van der Waals surface area contributed by atoms with Crippen molar-refractivity contribution in [1.29, 1.82) is 5.26 Å². The lowest BCUT2D eigenvalue weighted by Crippen LogP contribution is -2.24. The van der Waals surface area contributed by atoms with Crippen molar-refractivity contribution in [3.8, 4) is 22.9 Å². The summed E-state index contributed by atoms with van der Waals surface area (Å²) in [7, 11) is 0. The van der Waals surface area contributed by atoms with E-state index in [9.17, 15) is 0 Å². The molecule has 0 aliphatic carbocycles. The van der Waals surface area contributed by atoms with Gasteiger partial charge in [-0.15, -0.1) is 0 Å². The maximum absolute atomic E-state index is 8.98. The molecule has 0 bridgehead atoms. The van der Waals surface area contributed by atoms with Crippen LogP contribution in [0.2, 0.25) is 0 Å². The van der Waals surface area contributed by atoms with Crippen LogP contribution >= 0.6 is 0 Å². The number of rotatable bonds is 2. The minimum atomic E-state index is 0.0651. The van der Waals surface area contributed by atoms with Crippen LogP contribution in [0.3, 0.4) is 0 Å². The number of para-hydroxylation sites is 1. The fourth-order valence-electron chi connectivity index (χ4n) is 2.45. The summed E-state index contributed by atoms with van der Waals surface area (Å²) in [4.78, 5) is 0. The number of hydrogen-bond donors (Lipinski definition) is 1. The number of ether oxygens (including phenoxy) is 1. The number of fused-ring (bicyclic) bond motifs is 1. The van der Waals surface area contributed by atoms with Crippen LogP contribution < -0.4 is 10.5 Å². The van der Waals surface area contributed by atoms with E-state index in [2.05, 4.69) is 12.1 Å². The van der Waals surface area contributed by atoms with Gasteiger partial charge in [-0.3, -0.25) is 0 Å². The molecule has 3 nitrogen and oxygen atoms in total. The fourth-order valence-corrected chi connectivity index (χ4v) is 2.45. The van der Waals surface area contributed by atoms with Gasteiger partial charge in [0.15, 0.2) is 0 Å². The van der Waals surface area contributed by atoms with E-state index in [4.69, 9.17) is 15.7 Å². The maximum atomic E-state index is 8.98. The molecule has 0 fully saturated rings. The highest BCUT2D eigenvalue weighted by Gasteiger charge is 2.24. The summed E-state index contributed by atoms with van der Waals surface area (Å²) in [6, 6.07) is 15.9. The molecule has 0 saturated carbocycles. The van der Waals surface area contributed by atoms with E-state index in [0.29, 0.717) is 12.1 Å². The molecule has 2 aromatic carbocycles. The zero-order chi connectivity index (χ0) is 13.2. The highest BCUT2D eigenvalue weighted by molar-refractivity contribution is 5.74. The molecule has 1 atom stereocenters. The molecule has 1 heterocycles. The van der Waals surface area contributed by atoms with Crippen molar-refractivity contribution < 1.29 is 4.74 Å². The van der Waals surface area contributed by atoms with Gasteiger partial charge >= 0.3 is 0 Å². The van der Waals surface area contributed by atoms with Crippen LogP contribution in [0, 0.1) is 11.3 Å². The zero-order valence-corrected chi connectivity index (χ0v) is 10.5. The van der Waals surface area contributed by atoms with Crippen LogP contribution in [0.4, 0.5) is 0 Å². The first kappa shape index (κ1) is 11.8. The number of nitrogens with zero attached hydrogens (tertiary/aromatic N) is 1. The molecule has 3 rings (SSSR count). The summed E-state index contributed by atoms with van der Waals surface area (Å²) in [5, 5.41) is 8.98. The van der Waals surface area contributed by atoms with E-state index in [0.717, 1.165) is 23.3 Å². The SMILES string of the molecule is N#Cc1cccc(-c2cccc3c2OC(CN)C3)c1. The molecule has 1 aliphatic heterocycles. The van der Waals surface area contributed by atoms with Crippen LogP contribution in [0.1, 0.15) is 11.1 Å². The van der Waals surface area contributed by atoms with Crippen LogP contribution in [-0.2, 0) is 6.42 Å². The molecule has 2 N–H and O–H groups in total. The molecule has 2 aromatic rings. The minimum Gasteiger partial charge on any atom is -0.488 e. The number of nitrogens with two attached hydrogens (primary N) is 1. The van der Waals surface area contributed by atoms with Crippen LogP contribution in [0.5, 0.6) is 5.75 Å². The second kappa shape index (κ2) is 4.75. The van der Waals surface area contributed by atoms with Crippen molar-refractivity contribution in [3.63, 3.8) is 0 Å². The number of benzene rings is 2. The zero-order valence-electron chi connectivity index (χ0n) is 10.5. The molecule has 0 radical (unpaired) electrons. The Hall–Kier alpha value is -2.31. The van der Waals surface area contributed by atoms with Gasteiger partial charge < -0.3 is 10.5 Å². The monoisotopic (exact) mass is 250 g/mol. The predicted molar refractivity (Wildman–Crippen MR) is 73.8 cm³/mol. The normalized spacial score (nSPS) is 16.5. The summed E-state index contributed by atoms with van der Waals surface area (Å²) < 4.78 is 5.91. The van der Waals surface area contributed by atoms with Crippen molar-refractivity contribution in [2.24, 2.45) is 5.73 Å². The van der Waals surface area contributed by atoms with Gasteiger partial charge in [-0.25, -0.2) is 0 Å². The van der Waals surface area contributed by atoms with Gasteiger partial charge in [-0.05, 0) is 23.3 Å². The Bertz CT molecular complexity index is 658. The van der Waals surface area contributed by atoms with Gasteiger partial charge in [0.05, 0.1) is 11.6 Å². The van der Waals surface area contributed by atoms with Crippen molar-refractivity contribution in [2.45, 2.75) is 12.5 Å². The first-order valence-electron chi connectivity index (χ1n) is 6.31. The van der Waals surface area contributed by atoms with E-state index in [1.807, 2.05) is 30.3 Å². The largest absolute Gasteiger partial charge is 0.488 e. The molecule has 1 unspecified atom stereocenters. The highest BCUT2D eigenvalue weighted by atomic mass is 16.5. The Morgan fingerprint density at radius 3 is 2.89 bits per heavy atom. The van der Waals surface area contributed by atoms with E-state index in [1.165, 1.54) is 5.56 Å². The molecule has 0 spiro atoms. The molecule has 0 amide bonds. The predicted octanol–water partition coefficient (Wildman–Crippen LogP) is 2.49. The molecule has 0 saturated heterocycles. The third-order valence-electron chi connectivity index (χ3n) is 3.39. The van der Waals surface area contributed by atoms with Crippen LogP contribution in [0.15, 0.2) is 42.5 Å². The first-order valence-corrected chi connectivity index (χ1v) is 6.31. The smallest absolute Gasteiger partial charge is 0.130 e. The van der Waals surface area contributed by atoms with Gasteiger partial charge in [0, 0.05) is 18.5 Å². The lowest BCUT2D eigenvalue weighted by Gasteiger charge is -2.11. The average molecular weight is 250 g/mol. The molecule has 19 heavy (non-hydrogen) atoms. The van der Waals surface area contributed by atoms with Crippen molar-refractivity contribution in [2.75, 3.05) is 6.54 Å². The molecular weight excluding hydrogens is 236 g/mol. The Morgan fingerprint density at radius 2 is 2.11 bits per heavy atom. The minimum absolute atomic E-state index is 0.0651. The quantitative estimate of drug-likeness (QED) is 0.890. The van der Waals surface area contributed by atoms with E-state index in [-0.39, 0.29) is 6.10 Å². The van der Waals surface area contributed by atoms with Gasteiger partial charge in [-0.2, -0.15) is 5.26 Å². The van der Waals surface area contributed by atoms with Crippen LogP contribution in [-0.4, -0.2) is 12.6 Å². The first-order chi connectivity index (χ1) is 9.31. The number of nitriles is 1. The van der Waals surface area contributed by atoms with Gasteiger partial charge in [0.1, 0.15) is 11.9 Å². The fraction of sp³-hybridized carbons (Fsp3) is 0.188. The van der Waals surface area contributed by atoms with Crippen molar-refractivity contribution in [1.82, 2.24) is 0 Å². The molecule has 1 aliphatic rings. The maximum Gasteiger partial charge on any atom is 0.130 e. The molecular formula is C16H14N2O. The van der Waals surface area contributed by atoms with E-state index < -0.39 is 0 Å². The molecule has 0 aromatic heterocycles. The number of hydrogen-bond acceptors (Lipinski definition) is 3. The van der Waals surface area contributed by atoms with E-state index in [1.54, 1.807) is 6.07 Å². The summed E-state index contributed by atoms with van der Waals surface area (Å²) in [6.07, 6.45) is 0.924. The Morgan fingerprint density at radius 1 is 1.26 bits per heavy atom. The van der Waals surface area contributed by atoms with Crippen molar-refractivity contribution >= 4 is 0 Å². The van der Waals surface area contributed by atoms with Gasteiger partial charge in [0.2, 0.25) is 0 Å². The van der Waals surface area contributed by atoms with Gasteiger partial charge in [-0.1, -0.05) is 30.3 Å². The average Bonchev–Trinajstić information content (AvgIpc) is 2.90. The summed E-state index contributed by atoms with van der Waals surface area (Å²) in [5.41, 5.74) is 9.57. The highest BCUT2D eigenvalue weighted by Crippen LogP contribution is 2.38. The molecule has 94 valence electrons. The summed E-state index contributed by atoms with van der Waals surface area (Å²) >= 11 is 0. The molecule has 3 heteroatoms. The van der Waals surface area contributed by atoms with Crippen molar-refractivity contribution in [3.05, 3.63) is 53.6 Å². The summed E-state index contributed by atoms with van der Waals surface area (Å²) in [5.74, 6) is 0.910. The van der Waals surface area contributed by atoms with Crippen LogP contribution in [0.25, 0.3) is 11.1 Å². The second-order valence-corrected chi connectivity index (χ2v) is 4.67.